The number of anilines is 1. The molecule has 0 fully saturated rings. The van der Waals surface area contributed by atoms with Crippen LogP contribution >= 0.6 is 11.3 Å². The van der Waals surface area contributed by atoms with E-state index in [1.165, 1.54) is 11.3 Å². The Bertz CT molecular complexity index is 707. The normalized spacial score (nSPS) is 10.7. The van der Waals surface area contributed by atoms with E-state index in [4.69, 9.17) is 0 Å². The summed E-state index contributed by atoms with van der Waals surface area (Å²) in [4.78, 5) is 24.7. The highest BCUT2D eigenvalue weighted by Crippen LogP contribution is 2.34. The zero-order valence-corrected chi connectivity index (χ0v) is 14.4. The number of carbonyl (C=O) groups excluding carboxylic acids is 1. The number of fused-ring (bicyclic) bond motifs is 1. The van der Waals surface area contributed by atoms with Crippen LogP contribution in [0, 0.1) is 6.92 Å². The summed E-state index contributed by atoms with van der Waals surface area (Å²) in [5.41, 5.74) is 2.02. The van der Waals surface area contributed by atoms with Gasteiger partial charge in [-0.15, -0.1) is 11.3 Å². The van der Waals surface area contributed by atoms with Gasteiger partial charge in [-0.3, -0.25) is 4.79 Å². The van der Waals surface area contributed by atoms with Crippen LogP contribution in [0.5, 0.6) is 0 Å². The molecule has 2 aromatic rings. The lowest BCUT2D eigenvalue weighted by Gasteiger charge is -2.22. The van der Waals surface area contributed by atoms with Gasteiger partial charge in [0.05, 0.1) is 10.3 Å². The molecule has 0 aliphatic carbocycles. The van der Waals surface area contributed by atoms with Crippen molar-refractivity contribution >= 4 is 33.3 Å². The van der Waals surface area contributed by atoms with Crippen LogP contribution in [-0.2, 0) is 0 Å². The molecule has 5 nitrogen and oxygen atoms in total. The fraction of sp³-hybridized carbons (Fsp3) is 0.438. The number of nitrogens with zero attached hydrogens (tertiary/aromatic N) is 3. The number of likely N-dealkylation sites (N-methyl/N-ethyl adjacent to an activating group) is 1. The van der Waals surface area contributed by atoms with Crippen LogP contribution in [-0.4, -0.2) is 35.5 Å². The summed E-state index contributed by atoms with van der Waals surface area (Å²) in [6, 6.07) is 0. The lowest BCUT2D eigenvalue weighted by molar-refractivity contribution is 0.0959. The van der Waals surface area contributed by atoms with Crippen LogP contribution in [0.4, 0.5) is 5.82 Å². The van der Waals surface area contributed by atoms with E-state index < -0.39 is 0 Å². The van der Waals surface area contributed by atoms with E-state index in [9.17, 15) is 4.79 Å². The largest absolute Gasteiger partial charge is 0.352 e. The van der Waals surface area contributed by atoms with Crippen molar-refractivity contribution in [3.63, 3.8) is 0 Å². The minimum absolute atomic E-state index is 0.0445. The van der Waals surface area contributed by atoms with Crippen molar-refractivity contribution in [1.82, 2.24) is 15.3 Å². The molecule has 1 amide bonds. The van der Waals surface area contributed by atoms with Crippen molar-refractivity contribution in [2.75, 3.05) is 24.5 Å². The van der Waals surface area contributed by atoms with Crippen molar-refractivity contribution in [2.45, 2.75) is 27.7 Å². The molecule has 0 aromatic carbocycles. The third-order valence-corrected chi connectivity index (χ3v) is 4.59. The molecule has 118 valence electrons. The molecule has 0 atom stereocenters. The number of aromatic nitrogens is 2. The van der Waals surface area contributed by atoms with E-state index in [2.05, 4.69) is 33.7 Å². The van der Waals surface area contributed by atoms with Crippen molar-refractivity contribution < 1.29 is 4.79 Å². The Hall–Kier alpha value is -1.95. The Balaban J connectivity index is 2.56. The summed E-state index contributed by atoms with van der Waals surface area (Å²) in [6.45, 7) is 14.1. The zero-order valence-electron chi connectivity index (χ0n) is 13.6. The fourth-order valence-corrected chi connectivity index (χ4v) is 3.47. The van der Waals surface area contributed by atoms with Crippen molar-refractivity contribution in [3.05, 3.63) is 28.9 Å². The molecule has 0 aliphatic rings. The maximum Gasteiger partial charge on any atom is 0.261 e. The Morgan fingerprint density at radius 1 is 1.41 bits per heavy atom. The molecule has 0 radical (unpaired) electrons. The van der Waals surface area contributed by atoms with Gasteiger partial charge in [-0.2, -0.15) is 0 Å². The topological polar surface area (TPSA) is 58.1 Å². The number of thiophene rings is 1. The fourth-order valence-electron chi connectivity index (χ4n) is 2.41. The van der Waals surface area contributed by atoms with Crippen molar-refractivity contribution in [3.8, 4) is 0 Å². The molecule has 6 heteroatoms. The monoisotopic (exact) mass is 318 g/mol. The average molecular weight is 318 g/mol. The molecule has 0 unspecified atom stereocenters. The number of rotatable bonds is 6. The van der Waals surface area contributed by atoms with Gasteiger partial charge in [-0.05, 0) is 33.3 Å². The van der Waals surface area contributed by atoms with E-state index >= 15 is 0 Å². The number of amides is 1. The van der Waals surface area contributed by atoms with Crippen LogP contribution in [0.3, 0.4) is 0 Å². The summed E-state index contributed by atoms with van der Waals surface area (Å²) < 4.78 is 0. The van der Waals surface area contributed by atoms with Gasteiger partial charge in [0, 0.05) is 19.6 Å². The molecule has 2 aromatic heterocycles. The van der Waals surface area contributed by atoms with Crippen molar-refractivity contribution in [2.24, 2.45) is 0 Å². The molecule has 0 saturated heterocycles. The van der Waals surface area contributed by atoms with Gasteiger partial charge in [0.1, 0.15) is 17.0 Å². The van der Waals surface area contributed by atoms with E-state index in [1.54, 1.807) is 6.33 Å². The van der Waals surface area contributed by atoms with E-state index in [0.717, 1.165) is 40.3 Å². The molecule has 1 N–H and O–H groups in total. The maximum atomic E-state index is 12.2. The quantitative estimate of drug-likeness (QED) is 0.831. The highest BCUT2D eigenvalue weighted by molar-refractivity contribution is 7.20. The van der Waals surface area contributed by atoms with Gasteiger partial charge >= 0.3 is 0 Å². The number of nitrogens with one attached hydrogen (secondary N) is 1. The third-order valence-electron chi connectivity index (χ3n) is 3.39. The van der Waals surface area contributed by atoms with Crippen LogP contribution in [0.25, 0.3) is 10.2 Å². The minimum atomic E-state index is -0.0445. The first-order valence-corrected chi connectivity index (χ1v) is 8.22. The Labute approximate surface area is 135 Å². The average Bonchev–Trinajstić information content (AvgIpc) is 2.82. The van der Waals surface area contributed by atoms with Gasteiger partial charge in [0.15, 0.2) is 0 Å². The summed E-state index contributed by atoms with van der Waals surface area (Å²) in [5.74, 6) is 0.830. The van der Waals surface area contributed by atoms with Gasteiger partial charge in [0.2, 0.25) is 0 Å². The zero-order chi connectivity index (χ0) is 16.3. The molecule has 0 bridgehead atoms. The molecule has 2 heterocycles. The summed E-state index contributed by atoms with van der Waals surface area (Å²) in [7, 11) is 0. The molecular weight excluding hydrogens is 296 g/mol. The second-order valence-corrected chi connectivity index (χ2v) is 6.26. The Morgan fingerprint density at radius 2 is 2.14 bits per heavy atom. The smallest absolute Gasteiger partial charge is 0.261 e. The molecule has 2 rings (SSSR count). The highest BCUT2D eigenvalue weighted by atomic mass is 32.1. The van der Waals surface area contributed by atoms with E-state index in [-0.39, 0.29) is 5.91 Å². The van der Waals surface area contributed by atoms with Crippen LogP contribution in [0.2, 0.25) is 0 Å². The molecule has 22 heavy (non-hydrogen) atoms. The number of hydrogen-bond donors (Lipinski definition) is 1. The summed E-state index contributed by atoms with van der Waals surface area (Å²) in [5, 5.41) is 3.82. The SMILES string of the molecule is C=C(C)CN(CC)c1ncnc2sc(C(=O)NCC)c(C)c12. The third kappa shape index (κ3) is 3.11. The van der Waals surface area contributed by atoms with Crippen molar-refractivity contribution in [1.29, 1.82) is 0 Å². The van der Waals surface area contributed by atoms with Gasteiger partial charge in [0.25, 0.3) is 5.91 Å². The van der Waals surface area contributed by atoms with E-state index in [0.29, 0.717) is 11.4 Å². The highest BCUT2D eigenvalue weighted by Gasteiger charge is 2.21. The molecule has 0 spiro atoms. The van der Waals surface area contributed by atoms with Gasteiger partial charge in [-0.25, -0.2) is 9.97 Å². The van der Waals surface area contributed by atoms with E-state index in [1.807, 2.05) is 20.8 Å². The molecule has 0 saturated carbocycles. The Morgan fingerprint density at radius 3 is 2.73 bits per heavy atom. The van der Waals surface area contributed by atoms with Crippen LogP contribution < -0.4 is 10.2 Å². The van der Waals surface area contributed by atoms with Crippen LogP contribution in [0.15, 0.2) is 18.5 Å². The Kier molecular flexibility index (Phi) is 5.13. The first-order valence-electron chi connectivity index (χ1n) is 7.41. The predicted molar refractivity (Wildman–Crippen MR) is 92.9 cm³/mol. The number of hydrogen-bond acceptors (Lipinski definition) is 5. The maximum absolute atomic E-state index is 12.2. The summed E-state index contributed by atoms with van der Waals surface area (Å²) in [6.07, 6.45) is 1.57. The second kappa shape index (κ2) is 6.87. The first kappa shape index (κ1) is 16.4. The minimum Gasteiger partial charge on any atom is -0.352 e. The molecular formula is C16H22N4OS. The van der Waals surface area contributed by atoms with Gasteiger partial charge < -0.3 is 10.2 Å². The first-order chi connectivity index (χ1) is 10.5. The lowest BCUT2D eigenvalue weighted by Crippen LogP contribution is -2.26. The number of aryl methyl sites for hydroxylation is 1. The molecule has 0 aliphatic heterocycles. The predicted octanol–water partition coefficient (Wildman–Crippen LogP) is 3.15. The second-order valence-electron chi connectivity index (χ2n) is 5.26. The number of carbonyl (C=O) groups is 1. The van der Waals surface area contributed by atoms with Crippen LogP contribution in [0.1, 0.15) is 36.0 Å². The summed E-state index contributed by atoms with van der Waals surface area (Å²) >= 11 is 1.42. The van der Waals surface area contributed by atoms with Gasteiger partial charge in [-0.1, -0.05) is 12.2 Å². The standard InChI is InChI=1S/C16H22N4OS/c1-6-17-15(21)13-11(5)12-14(18-9-19-16(12)22-13)20(7-2)8-10(3)4/h9H,3,6-8H2,1-2,4-5H3,(H,17,21). The lowest BCUT2D eigenvalue weighted by atomic mass is 10.1.